The normalized spacial score (nSPS) is 19.3. The Labute approximate surface area is 105 Å². The largest absolute Gasteiger partial charge is 0.370 e. The molecule has 17 heavy (non-hydrogen) atoms. The van der Waals surface area contributed by atoms with Gasteiger partial charge in [-0.2, -0.15) is 0 Å². The van der Waals surface area contributed by atoms with Gasteiger partial charge in [0.1, 0.15) is 0 Å². The van der Waals surface area contributed by atoms with Gasteiger partial charge in [-0.25, -0.2) is 0 Å². The number of nitrogens with one attached hydrogen (secondary N) is 1. The summed E-state index contributed by atoms with van der Waals surface area (Å²) in [5.41, 5.74) is 1.73. The van der Waals surface area contributed by atoms with Gasteiger partial charge in [-0.1, -0.05) is 12.2 Å². The molecule has 1 heterocycles. The van der Waals surface area contributed by atoms with Gasteiger partial charge in [0.15, 0.2) is 0 Å². The van der Waals surface area contributed by atoms with E-state index in [1.165, 1.54) is 6.07 Å². The zero-order chi connectivity index (χ0) is 12.6. The summed E-state index contributed by atoms with van der Waals surface area (Å²) in [4.78, 5) is 13.1. The number of fused-ring (bicyclic) bond motifs is 1. The minimum absolute atomic E-state index is 0.0948. The Hall–Kier alpha value is -1.69. The molecule has 2 rings (SSSR count). The molecule has 0 radical (unpaired) electrons. The lowest BCUT2D eigenvalue weighted by atomic mass is 10.2. The Kier molecular flexibility index (Phi) is 2.97. The summed E-state index contributed by atoms with van der Waals surface area (Å²) in [7, 11) is 1.92. The molecular weight excluding hydrogens is 238 g/mol. The summed E-state index contributed by atoms with van der Waals surface area (Å²) in [6, 6.07) is 4.98. The van der Waals surface area contributed by atoms with Gasteiger partial charge in [-0.05, 0) is 13.0 Å². The minimum Gasteiger partial charge on any atom is -0.370 e. The summed E-state index contributed by atoms with van der Waals surface area (Å²) in [5, 5.41) is 13.9. The van der Waals surface area contributed by atoms with Crippen molar-refractivity contribution in [1.82, 2.24) is 0 Å². The van der Waals surface area contributed by atoms with Crippen molar-refractivity contribution < 1.29 is 4.92 Å². The summed E-state index contributed by atoms with van der Waals surface area (Å²) in [6.07, 6.45) is 0.744. The lowest BCUT2D eigenvalue weighted by molar-refractivity contribution is -0.384. The van der Waals surface area contributed by atoms with Crippen LogP contribution in [-0.4, -0.2) is 23.0 Å². The van der Waals surface area contributed by atoms with E-state index in [0.29, 0.717) is 0 Å². The quantitative estimate of drug-likeness (QED) is 0.472. The molecule has 1 aliphatic rings. The van der Waals surface area contributed by atoms with Crippen LogP contribution in [-0.2, 0) is 0 Å². The summed E-state index contributed by atoms with van der Waals surface area (Å²) in [6.45, 7) is 2.04. The van der Waals surface area contributed by atoms with Crippen LogP contribution in [0.2, 0.25) is 0 Å². The number of non-ortho nitro benzene ring substituents is 1. The van der Waals surface area contributed by atoms with E-state index in [2.05, 4.69) is 5.32 Å². The lowest BCUT2D eigenvalue weighted by Crippen LogP contribution is -2.29. The van der Waals surface area contributed by atoms with E-state index in [0.717, 1.165) is 22.8 Å². The molecule has 0 spiro atoms. The third-order valence-electron chi connectivity index (χ3n) is 2.99. The predicted molar refractivity (Wildman–Crippen MR) is 71.8 cm³/mol. The second-order valence-corrected chi connectivity index (χ2v) is 4.66. The highest BCUT2D eigenvalue weighted by Gasteiger charge is 2.22. The van der Waals surface area contributed by atoms with E-state index in [-0.39, 0.29) is 16.7 Å². The summed E-state index contributed by atoms with van der Waals surface area (Å²) < 4.78 is 0. The molecule has 1 aromatic rings. The smallest absolute Gasteiger partial charge is 0.271 e. The van der Waals surface area contributed by atoms with Crippen LogP contribution in [0, 0.1) is 10.1 Å². The SMILES string of the molecule is C[C@H]1CC(=S)Nc2ccc([N+](=O)[O-])cc2N1C. The van der Waals surface area contributed by atoms with Crippen LogP contribution >= 0.6 is 12.2 Å². The fourth-order valence-electron chi connectivity index (χ4n) is 1.88. The third kappa shape index (κ3) is 2.21. The van der Waals surface area contributed by atoms with Crippen molar-refractivity contribution in [3.05, 3.63) is 28.3 Å². The fraction of sp³-hybridized carbons (Fsp3) is 0.364. The Morgan fingerprint density at radius 3 is 2.94 bits per heavy atom. The van der Waals surface area contributed by atoms with Gasteiger partial charge in [0.25, 0.3) is 5.69 Å². The Bertz CT molecular complexity index is 490. The molecule has 0 saturated carbocycles. The van der Waals surface area contributed by atoms with Gasteiger partial charge in [0.05, 0.1) is 21.3 Å². The van der Waals surface area contributed by atoms with E-state index >= 15 is 0 Å². The van der Waals surface area contributed by atoms with Crippen molar-refractivity contribution in [3.63, 3.8) is 0 Å². The first kappa shape index (κ1) is 11.8. The zero-order valence-electron chi connectivity index (χ0n) is 9.64. The molecule has 5 nitrogen and oxygen atoms in total. The molecule has 0 unspecified atom stereocenters. The van der Waals surface area contributed by atoms with Gasteiger partial charge in [0, 0.05) is 31.6 Å². The van der Waals surface area contributed by atoms with Crippen LogP contribution in [0.3, 0.4) is 0 Å². The number of anilines is 2. The molecule has 0 amide bonds. The van der Waals surface area contributed by atoms with Crippen molar-refractivity contribution in [2.24, 2.45) is 0 Å². The maximum atomic E-state index is 10.8. The molecule has 1 atom stereocenters. The maximum absolute atomic E-state index is 10.8. The highest BCUT2D eigenvalue weighted by atomic mass is 32.1. The second-order valence-electron chi connectivity index (χ2n) is 4.17. The Morgan fingerprint density at radius 1 is 1.59 bits per heavy atom. The number of rotatable bonds is 1. The first-order chi connectivity index (χ1) is 7.99. The van der Waals surface area contributed by atoms with Crippen molar-refractivity contribution in [2.45, 2.75) is 19.4 Å². The van der Waals surface area contributed by atoms with Gasteiger partial charge in [0.2, 0.25) is 0 Å². The van der Waals surface area contributed by atoms with Crippen molar-refractivity contribution in [2.75, 3.05) is 17.3 Å². The van der Waals surface area contributed by atoms with E-state index in [1.54, 1.807) is 12.1 Å². The van der Waals surface area contributed by atoms with Crippen LogP contribution in [0.1, 0.15) is 13.3 Å². The number of nitrogens with zero attached hydrogens (tertiary/aromatic N) is 2. The maximum Gasteiger partial charge on any atom is 0.271 e. The van der Waals surface area contributed by atoms with Crippen molar-refractivity contribution in [1.29, 1.82) is 0 Å². The summed E-state index contributed by atoms with van der Waals surface area (Å²) >= 11 is 5.21. The molecule has 1 N–H and O–H groups in total. The molecule has 0 aliphatic carbocycles. The molecule has 0 saturated heterocycles. The topological polar surface area (TPSA) is 58.4 Å². The van der Waals surface area contributed by atoms with Crippen LogP contribution in [0.15, 0.2) is 18.2 Å². The van der Waals surface area contributed by atoms with E-state index in [4.69, 9.17) is 12.2 Å². The Balaban J connectivity index is 2.51. The molecule has 1 aliphatic heterocycles. The first-order valence-electron chi connectivity index (χ1n) is 5.30. The number of hydrogen-bond acceptors (Lipinski definition) is 4. The van der Waals surface area contributed by atoms with Gasteiger partial charge in [-0.3, -0.25) is 10.1 Å². The molecule has 90 valence electrons. The van der Waals surface area contributed by atoms with Crippen LogP contribution in [0.25, 0.3) is 0 Å². The van der Waals surface area contributed by atoms with Crippen LogP contribution in [0.4, 0.5) is 17.1 Å². The average Bonchev–Trinajstić information content (AvgIpc) is 2.37. The first-order valence-corrected chi connectivity index (χ1v) is 5.71. The van der Waals surface area contributed by atoms with Crippen molar-refractivity contribution >= 4 is 34.3 Å². The molecule has 0 fully saturated rings. The monoisotopic (exact) mass is 251 g/mol. The molecule has 6 heteroatoms. The lowest BCUT2D eigenvalue weighted by Gasteiger charge is -2.24. The number of nitro benzene ring substituents is 1. The highest BCUT2D eigenvalue weighted by Crippen LogP contribution is 2.33. The minimum atomic E-state index is -0.387. The fourth-order valence-corrected chi connectivity index (χ4v) is 2.23. The number of thiocarbonyl (C=S) groups is 1. The predicted octanol–water partition coefficient (Wildman–Crippen LogP) is 2.56. The van der Waals surface area contributed by atoms with E-state index < -0.39 is 0 Å². The molecule has 0 bridgehead atoms. The van der Waals surface area contributed by atoms with E-state index in [1.807, 2.05) is 18.9 Å². The number of benzene rings is 1. The third-order valence-corrected chi connectivity index (χ3v) is 3.26. The standard InChI is InChI=1S/C11H13N3O2S/c1-7-5-11(17)12-9-4-3-8(14(15)16)6-10(9)13(7)2/h3-4,6-7H,5H2,1-2H3,(H,12,17)/t7-/m0/s1. The number of hydrogen-bond donors (Lipinski definition) is 1. The molecular formula is C11H13N3O2S. The number of nitro groups is 1. The van der Waals surface area contributed by atoms with Gasteiger partial charge < -0.3 is 10.2 Å². The van der Waals surface area contributed by atoms with Crippen molar-refractivity contribution in [3.8, 4) is 0 Å². The molecule has 1 aromatic carbocycles. The van der Waals surface area contributed by atoms with Crippen LogP contribution < -0.4 is 10.2 Å². The Morgan fingerprint density at radius 2 is 2.29 bits per heavy atom. The molecule has 0 aromatic heterocycles. The van der Waals surface area contributed by atoms with Gasteiger partial charge in [-0.15, -0.1) is 0 Å². The average molecular weight is 251 g/mol. The zero-order valence-corrected chi connectivity index (χ0v) is 10.5. The van der Waals surface area contributed by atoms with Gasteiger partial charge >= 0.3 is 0 Å². The van der Waals surface area contributed by atoms with Crippen LogP contribution in [0.5, 0.6) is 0 Å². The highest BCUT2D eigenvalue weighted by molar-refractivity contribution is 7.80. The van der Waals surface area contributed by atoms with E-state index in [9.17, 15) is 10.1 Å². The summed E-state index contributed by atoms with van der Waals surface area (Å²) in [5.74, 6) is 0. The second kappa shape index (κ2) is 4.29.